The van der Waals surface area contributed by atoms with Crippen LogP contribution >= 0.6 is 11.6 Å². The molecule has 0 fully saturated rings. The van der Waals surface area contributed by atoms with E-state index in [0.29, 0.717) is 17.3 Å². The number of pyridine rings is 1. The molecule has 16 heavy (non-hydrogen) atoms. The molecule has 90 valence electrons. The number of aliphatic hydroxyl groups excluding tert-OH is 1. The Bertz CT molecular complexity index is 361. The van der Waals surface area contributed by atoms with Gasteiger partial charge in [-0.1, -0.05) is 32.4 Å². The van der Waals surface area contributed by atoms with Gasteiger partial charge in [-0.25, -0.2) is 4.98 Å². The third kappa shape index (κ3) is 3.99. The van der Waals surface area contributed by atoms with E-state index in [1.54, 1.807) is 12.3 Å². The number of nitrogens with two attached hydrogens (primary N) is 1. The lowest BCUT2D eigenvalue weighted by atomic mass is 9.88. The first-order chi connectivity index (χ1) is 7.29. The predicted molar refractivity (Wildman–Crippen MR) is 67.3 cm³/mol. The molecule has 3 N–H and O–H groups in total. The third-order valence-corrected chi connectivity index (χ3v) is 2.75. The molecule has 0 amide bonds. The standard InChI is InChI=1S/C12H19ClN2O/c1-12(2,3)5-4-10(16)8-6-9(13)11(14)15-7-8/h6-7,10,16H,4-5H2,1-3H3,(H2,14,15)/t10-/m0/s1. The smallest absolute Gasteiger partial charge is 0.142 e. The van der Waals surface area contributed by atoms with E-state index in [4.69, 9.17) is 17.3 Å². The lowest BCUT2D eigenvalue weighted by Crippen LogP contribution is -2.08. The molecule has 0 radical (unpaired) electrons. The zero-order chi connectivity index (χ0) is 12.3. The number of aliphatic hydroxyl groups is 1. The van der Waals surface area contributed by atoms with Crippen LogP contribution in [0.4, 0.5) is 5.82 Å². The Morgan fingerprint density at radius 3 is 2.62 bits per heavy atom. The lowest BCUT2D eigenvalue weighted by molar-refractivity contribution is 0.147. The van der Waals surface area contributed by atoms with Crippen molar-refractivity contribution in [2.75, 3.05) is 5.73 Å². The van der Waals surface area contributed by atoms with Crippen molar-refractivity contribution in [1.82, 2.24) is 4.98 Å². The summed E-state index contributed by atoms with van der Waals surface area (Å²) in [6.45, 7) is 6.44. The monoisotopic (exact) mass is 242 g/mol. The van der Waals surface area contributed by atoms with Gasteiger partial charge in [-0.3, -0.25) is 0 Å². The van der Waals surface area contributed by atoms with Crippen molar-refractivity contribution in [3.63, 3.8) is 0 Å². The van der Waals surface area contributed by atoms with Crippen LogP contribution in [0.2, 0.25) is 5.02 Å². The molecule has 0 aliphatic rings. The Hall–Kier alpha value is -0.800. The van der Waals surface area contributed by atoms with Crippen LogP contribution in [0.15, 0.2) is 12.3 Å². The summed E-state index contributed by atoms with van der Waals surface area (Å²) in [6, 6.07) is 1.68. The van der Waals surface area contributed by atoms with E-state index in [1.165, 1.54) is 0 Å². The molecule has 0 spiro atoms. The number of nitrogens with zero attached hydrogens (tertiary/aromatic N) is 1. The van der Waals surface area contributed by atoms with Gasteiger partial charge in [0.25, 0.3) is 0 Å². The van der Waals surface area contributed by atoms with Crippen LogP contribution in [-0.2, 0) is 0 Å². The van der Waals surface area contributed by atoms with Gasteiger partial charge < -0.3 is 10.8 Å². The van der Waals surface area contributed by atoms with E-state index in [-0.39, 0.29) is 5.41 Å². The van der Waals surface area contributed by atoms with Gasteiger partial charge in [0.15, 0.2) is 0 Å². The van der Waals surface area contributed by atoms with E-state index in [2.05, 4.69) is 25.8 Å². The summed E-state index contributed by atoms with van der Waals surface area (Å²) in [7, 11) is 0. The van der Waals surface area contributed by atoms with Crippen molar-refractivity contribution < 1.29 is 5.11 Å². The second-order valence-corrected chi connectivity index (χ2v) is 5.66. The molecule has 0 bridgehead atoms. The number of aromatic nitrogens is 1. The molecule has 0 saturated heterocycles. The van der Waals surface area contributed by atoms with Crippen LogP contribution in [0.25, 0.3) is 0 Å². The van der Waals surface area contributed by atoms with Crippen LogP contribution < -0.4 is 5.73 Å². The summed E-state index contributed by atoms with van der Waals surface area (Å²) in [5, 5.41) is 10.4. The van der Waals surface area contributed by atoms with E-state index >= 15 is 0 Å². The van der Waals surface area contributed by atoms with Crippen molar-refractivity contribution in [3.05, 3.63) is 22.8 Å². The van der Waals surface area contributed by atoms with Crippen molar-refractivity contribution >= 4 is 17.4 Å². The fraction of sp³-hybridized carbons (Fsp3) is 0.583. The Kier molecular flexibility index (Phi) is 4.16. The number of hydrogen-bond acceptors (Lipinski definition) is 3. The van der Waals surface area contributed by atoms with Crippen molar-refractivity contribution in [2.24, 2.45) is 5.41 Å². The topological polar surface area (TPSA) is 59.1 Å². The first-order valence-corrected chi connectivity index (χ1v) is 5.76. The molecule has 0 unspecified atom stereocenters. The molecule has 1 aromatic rings. The highest BCUT2D eigenvalue weighted by atomic mass is 35.5. The number of rotatable bonds is 3. The summed E-state index contributed by atoms with van der Waals surface area (Å²) in [6.07, 6.45) is 2.70. The number of nitrogen functional groups attached to an aromatic ring is 1. The summed E-state index contributed by atoms with van der Waals surface area (Å²) in [5.74, 6) is 0.299. The molecule has 4 heteroatoms. The number of halogens is 1. The van der Waals surface area contributed by atoms with Gasteiger partial charge in [0.05, 0.1) is 11.1 Å². The van der Waals surface area contributed by atoms with E-state index in [0.717, 1.165) is 12.0 Å². The molecule has 0 aromatic carbocycles. The van der Waals surface area contributed by atoms with Gasteiger partial charge in [0.2, 0.25) is 0 Å². The second-order valence-electron chi connectivity index (χ2n) is 5.25. The van der Waals surface area contributed by atoms with Gasteiger partial charge in [0.1, 0.15) is 5.82 Å². The largest absolute Gasteiger partial charge is 0.388 e. The molecular formula is C12H19ClN2O. The quantitative estimate of drug-likeness (QED) is 0.856. The molecule has 1 rings (SSSR count). The van der Waals surface area contributed by atoms with Crippen molar-refractivity contribution in [3.8, 4) is 0 Å². The Morgan fingerprint density at radius 1 is 1.50 bits per heavy atom. The molecule has 0 aliphatic heterocycles. The highest BCUT2D eigenvalue weighted by Gasteiger charge is 2.15. The fourth-order valence-electron chi connectivity index (χ4n) is 1.38. The summed E-state index contributed by atoms with van der Waals surface area (Å²) < 4.78 is 0. The Labute approximate surface area is 102 Å². The zero-order valence-corrected chi connectivity index (χ0v) is 10.8. The first kappa shape index (κ1) is 13.3. The van der Waals surface area contributed by atoms with Gasteiger partial charge >= 0.3 is 0 Å². The first-order valence-electron chi connectivity index (χ1n) is 5.38. The fourth-order valence-corrected chi connectivity index (χ4v) is 1.56. The van der Waals surface area contributed by atoms with E-state index in [9.17, 15) is 5.11 Å². The highest BCUT2D eigenvalue weighted by molar-refractivity contribution is 6.32. The Balaban J connectivity index is 2.66. The number of anilines is 1. The van der Waals surface area contributed by atoms with Crippen LogP contribution in [-0.4, -0.2) is 10.1 Å². The average molecular weight is 243 g/mol. The van der Waals surface area contributed by atoms with Gasteiger partial charge in [0, 0.05) is 11.8 Å². The maximum Gasteiger partial charge on any atom is 0.142 e. The van der Waals surface area contributed by atoms with Crippen molar-refractivity contribution in [1.29, 1.82) is 0 Å². The van der Waals surface area contributed by atoms with Crippen LogP contribution in [0.5, 0.6) is 0 Å². The predicted octanol–water partition coefficient (Wildman–Crippen LogP) is 3.18. The summed E-state index contributed by atoms with van der Waals surface area (Å²) in [4.78, 5) is 3.93. The molecule has 0 aliphatic carbocycles. The second kappa shape index (κ2) is 5.02. The highest BCUT2D eigenvalue weighted by Crippen LogP contribution is 2.28. The maximum atomic E-state index is 9.96. The SMILES string of the molecule is CC(C)(C)CC[C@H](O)c1cnc(N)c(Cl)c1. The van der Waals surface area contributed by atoms with Crippen LogP contribution in [0.1, 0.15) is 45.3 Å². The summed E-state index contributed by atoms with van der Waals surface area (Å²) >= 11 is 5.85. The maximum absolute atomic E-state index is 9.96. The average Bonchev–Trinajstić information content (AvgIpc) is 2.17. The van der Waals surface area contributed by atoms with Crippen LogP contribution in [0, 0.1) is 5.41 Å². The normalized spacial score (nSPS) is 13.8. The minimum Gasteiger partial charge on any atom is -0.388 e. The zero-order valence-electron chi connectivity index (χ0n) is 10.00. The van der Waals surface area contributed by atoms with Gasteiger partial charge in [-0.2, -0.15) is 0 Å². The summed E-state index contributed by atoms with van der Waals surface area (Å²) in [5.41, 5.74) is 6.45. The van der Waals surface area contributed by atoms with Crippen LogP contribution in [0.3, 0.4) is 0 Å². The van der Waals surface area contributed by atoms with Gasteiger partial charge in [-0.05, 0) is 24.3 Å². The third-order valence-electron chi connectivity index (χ3n) is 2.44. The Morgan fingerprint density at radius 2 is 2.12 bits per heavy atom. The minimum atomic E-state index is -0.523. The molecule has 0 saturated carbocycles. The van der Waals surface area contributed by atoms with E-state index < -0.39 is 6.10 Å². The molecular weight excluding hydrogens is 224 g/mol. The van der Waals surface area contributed by atoms with Gasteiger partial charge in [-0.15, -0.1) is 0 Å². The van der Waals surface area contributed by atoms with E-state index in [1.807, 2.05) is 0 Å². The molecule has 1 heterocycles. The molecule has 1 aromatic heterocycles. The number of hydrogen-bond donors (Lipinski definition) is 2. The lowest BCUT2D eigenvalue weighted by Gasteiger charge is -2.20. The van der Waals surface area contributed by atoms with Crippen molar-refractivity contribution in [2.45, 2.75) is 39.7 Å². The molecule has 3 nitrogen and oxygen atoms in total. The molecule has 1 atom stereocenters. The minimum absolute atomic E-state index is 0.214.